The maximum absolute atomic E-state index is 14.9. The summed E-state index contributed by atoms with van der Waals surface area (Å²) in [5, 5.41) is 11.3. The number of ether oxygens (including phenoxy) is 1. The average molecular weight is 635 g/mol. The molecule has 0 aliphatic rings. The summed E-state index contributed by atoms with van der Waals surface area (Å²) in [5.74, 6) is -2.97. The Bertz CT molecular complexity index is 1570. The molecule has 1 atom stereocenters. The van der Waals surface area contributed by atoms with Gasteiger partial charge in [-0.25, -0.2) is 27.1 Å². The first-order valence-corrected chi connectivity index (χ1v) is 14.9. The smallest absolute Gasteiger partial charge is 0.258 e. The standard InChI is InChI=1S/C29H29ClF2N4O4S2/c1-34(2)21-9-12-24-19(15-21)5-4-6-27(24)42(39)35(3)13-14-36(18-28(37)33-38)41-23-16-25(31)29(26(32)17-23)40-22-10-7-20(30)8-11-22/h4-12,15-17,38H,13-14,18H2,1-3H3,(H,33,37). The first-order valence-electron chi connectivity index (χ1n) is 12.7. The van der Waals surface area contributed by atoms with E-state index in [2.05, 4.69) is 0 Å². The van der Waals surface area contributed by atoms with E-state index in [1.54, 1.807) is 22.9 Å². The molecule has 0 aromatic heterocycles. The molecule has 0 aliphatic carbocycles. The second-order valence-electron chi connectivity index (χ2n) is 9.42. The van der Waals surface area contributed by atoms with E-state index in [-0.39, 0.29) is 30.3 Å². The Hall–Kier alpha value is -3.26. The molecule has 0 heterocycles. The van der Waals surface area contributed by atoms with E-state index in [9.17, 15) is 17.8 Å². The zero-order valence-electron chi connectivity index (χ0n) is 23.0. The number of fused-ring (bicyclic) bond motifs is 1. The van der Waals surface area contributed by atoms with Crippen molar-refractivity contribution in [2.24, 2.45) is 0 Å². The minimum atomic E-state index is -1.54. The van der Waals surface area contributed by atoms with Gasteiger partial charge in [-0.05, 0) is 77.3 Å². The van der Waals surface area contributed by atoms with Gasteiger partial charge in [-0.3, -0.25) is 10.0 Å². The second kappa shape index (κ2) is 14.3. The fourth-order valence-electron chi connectivity index (χ4n) is 3.98. The Morgan fingerprint density at radius 1 is 1.00 bits per heavy atom. The summed E-state index contributed by atoms with van der Waals surface area (Å²) >= 11 is 6.76. The fourth-order valence-corrected chi connectivity index (χ4v) is 6.23. The van der Waals surface area contributed by atoms with Gasteiger partial charge in [-0.15, -0.1) is 0 Å². The number of hydrogen-bond acceptors (Lipinski definition) is 7. The van der Waals surface area contributed by atoms with Gasteiger partial charge in [0.15, 0.2) is 17.4 Å². The highest BCUT2D eigenvalue weighted by molar-refractivity contribution is 7.97. The molecule has 0 saturated carbocycles. The minimum absolute atomic E-state index is 0.161. The third-order valence-corrected chi connectivity index (χ3v) is 8.91. The zero-order valence-corrected chi connectivity index (χ0v) is 25.4. The Kier molecular flexibility index (Phi) is 10.8. The van der Waals surface area contributed by atoms with Crippen molar-refractivity contribution < 1.29 is 27.7 Å². The molecule has 222 valence electrons. The van der Waals surface area contributed by atoms with Gasteiger partial charge < -0.3 is 9.64 Å². The van der Waals surface area contributed by atoms with Gasteiger partial charge >= 0.3 is 0 Å². The molecule has 0 fully saturated rings. The third kappa shape index (κ3) is 7.97. The summed E-state index contributed by atoms with van der Waals surface area (Å²) in [7, 11) is 4.04. The Labute approximate surface area is 254 Å². The lowest BCUT2D eigenvalue weighted by Crippen LogP contribution is -2.36. The molecule has 0 spiro atoms. The van der Waals surface area contributed by atoms with Crippen LogP contribution in [0, 0.1) is 11.6 Å². The first kappa shape index (κ1) is 31.7. The number of amides is 1. The number of carbonyl (C=O) groups is 1. The summed E-state index contributed by atoms with van der Waals surface area (Å²) in [6, 6.07) is 19.7. The van der Waals surface area contributed by atoms with Crippen LogP contribution < -0.4 is 15.1 Å². The molecule has 0 saturated heterocycles. The van der Waals surface area contributed by atoms with Crippen LogP contribution in [-0.2, 0) is 15.8 Å². The van der Waals surface area contributed by atoms with E-state index in [1.807, 2.05) is 49.3 Å². The van der Waals surface area contributed by atoms with Gasteiger partial charge in [0, 0.05) is 49.8 Å². The zero-order chi connectivity index (χ0) is 30.4. The van der Waals surface area contributed by atoms with Crippen molar-refractivity contribution in [2.45, 2.75) is 9.79 Å². The molecule has 4 rings (SSSR count). The lowest BCUT2D eigenvalue weighted by atomic mass is 10.1. The summed E-state index contributed by atoms with van der Waals surface area (Å²) in [6.45, 7) is 0.102. The van der Waals surface area contributed by atoms with Crippen molar-refractivity contribution in [3.63, 3.8) is 0 Å². The lowest BCUT2D eigenvalue weighted by molar-refractivity contribution is -0.129. The molecule has 2 N–H and O–H groups in total. The Morgan fingerprint density at radius 3 is 2.33 bits per heavy atom. The highest BCUT2D eigenvalue weighted by atomic mass is 35.5. The summed E-state index contributed by atoms with van der Waals surface area (Å²) in [6.07, 6.45) is 0. The van der Waals surface area contributed by atoms with Gasteiger partial charge in [0.05, 0.1) is 11.4 Å². The fraction of sp³-hybridized carbons (Fsp3) is 0.207. The van der Waals surface area contributed by atoms with Crippen LogP contribution in [0.2, 0.25) is 5.02 Å². The van der Waals surface area contributed by atoms with Crippen molar-refractivity contribution in [3.8, 4) is 11.5 Å². The largest absolute Gasteiger partial charge is 0.451 e. The topological polar surface area (TPSA) is 85.4 Å². The van der Waals surface area contributed by atoms with E-state index < -0.39 is 34.3 Å². The molecule has 4 aromatic carbocycles. The summed E-state index contributed by atoms with van der Waals surface area (Å²) in [4.78, 5) is 14.8. The number of halogens is 3. The number of hydroxylamine groups is 1. The van der Waals surface area contributed by atoms with Crippen LogP contribution in [0.1, 0.15) is 0 Å². The number of hydrogen-bond donors (Lipinski definition) is 2. The molecule has 1 amide bonds. The van der Waals surface area contributed by atoms with Crippen LogP contribution in [0.25, 0.3) is 10.8 Å². The Morgan fingerprint density at radius 2 is 1.69 bits per heavy atom. The van der Waals surface area contributed by atoms with E-state index >= 15 is 0 Å². The SMILES string of the molecule is CN(C)c1ccc2c(S(=O)N(C)CCN(CC(=O)NO)Sc3cc(F)c(Oc4ccc(Cl)cc4)c(F)c3)cccc2c1. The highest BCUT2D eigenvalue weighted by Crippen LogP contribution is 2.33. The first-order chi connectivity index (χ1) is 20.0. The molecule has 13 heteroatoms. The molecule has 0 radical (unpaired) electrons. The van der Waals surface area contributed by atoms with E-state index in [4.69, 9.17) is 21.5 Å². The predicted octanol–water partition coefficient (Wildman–Crippen LogP) is 6.10. The molecular formula is C29H29ClF2N4O4S2. The normalized spacial score (nSPS) is 12.1. The number of rotatable bonds is 12. The van der Waals surface area contributed by atoms with Crippen LogP contribution in [0.3, 0.4) is 0 Å². The van der Waals surface area contributed by atoms with Gasteiger partial charge in [-0.1, -0.05) is 29.8 Å². The summed E-state index contributed by atoms with van der Waals surface area (Å²) in [5.41, 5.74) is 2.58. The Balaban J connectivity index is 1.47. The van der Waals surface area contributed by atoms with E-state index in [1.165, 1.54) is 28.6 Å². The van der Waals surface area contributed by atoms with Crippen LogP contribution >= 0.6 is 23.5 Å². The number of nitrogens with one attached hydrogen (secondary N) is 1. The monoisotopic (exact) mass is 634 g/mol. The van der Waals surface area contributed by atoms with Gasteiger partial charge in [-0.2, -0.15) is 0 Å². The lowest BCUT2D eigenvalue weighted by Gasteiger charge is -2.24. The minimum Gasteiger partial charge on any atom is -0.451 e. The molecule has 0 bridgehead atoms. The van der Waals surface area contributed by atoms with Crippen molar-refractivity contribution in [1.82, 2.24) is 14.1 Å². The number of carbonyl (C=O) groups excluding carboxylic acids is 1. The van der Waals surface area contributed by atoms with Crippen LogP contribution in [-0.4, -0.2) is 64.7 Å². The number of nitrogens with zero attached hydrogens (tertiary/aromatic N) is 3. The van der Waals surface area contributed by atoms with Crippen LogP contribution in [0.5, 0.6) is 11.5 Å². The molecule has 0 aliphatic heterocycles. The van der Waals surface area contributed by atoms with Crippen molar-refractivity contribution in [3.05, 3.63) is 89.5 Å². The predicted molar refractivity (Wildman–Crippen MR) is 163 cm³/mol. The van der Waals surface area contributed by atoms with Crippen molar-refractivity contribution in [2.75, 3.05) is 45.7 Å². The highest BCUT2D eigenvalue weighted by Gasteiger charge is 2.20. The summed E-state index contributed by atoms with van der Waals surface area (Å²) < 4.78 is 51.7. The third-order valence-electron chi connectivity index (χ3n) is 6.16. The molecular weight excluding hydrogens is 606 g/mol. The van der Waals surface area contributed by atoms with Crippen molar-refractivity contribution >= 4 is 56.9 Å². The molecule has 4 aromatic rings. The molecule has 1 unspecified atom stereocenters. The number of anilines is 1. The van der Waals surface area contributed by atoms with Crippen LogP contribution in [0.4, 0.5) is 14.5 Å². The van der Waals surface area contributed by atoms with Gasteiger partial charge in [0.1, 0.15) is 16.7 Å². The van der Waals surface area contributed by atoms with Crippen molar-refractivity contribution in [1.29, 1.82) is 0 Å². The number of benzene rings is 4. The molecule has 42 heavy (non-hydrogen) atoms. The van der Waals surface area contributed by atoms with E-state index in [0.29, 0.717) is 9.92 Å². The second-order valence-corrected chi connectivity index (χ2v) is 12.6. The van der Waals surface area contributed by atoms with E-state index in [0.717, 1.165) is 40.5 Å². The maximum atomic E-state index is 14.9. The molecule has 8 nitrogen and oxygen atoms in total. The number of likely N-dealkylation sites (N-methyl/N-ethyl adjacent to an activating group) is 1. The maximum Gasteiger partial charge on any atom is 0.258 e. The quantitative estimate of drug-likeness (QED) is 0.111. The average Bonchev–Trinajstić information content (AvgIpc) is 2.97. The van der Waals surface area contributed by atoms with Gasteiger partial charge in [0.25, 0.3) is 5.91 Å². The van der Waals surface area contributed by atoms with Crippen LogP contribution in [0.15, 0.2) is 82.6 Å². The van der Waals surface area contributed by atoms with Gasteiger partial charge in [0.2, 0.25) is 0 Å².